The molecule has 1 N–H and O–H groups in total. The van der Waals surface area contributed by atoms with E-state index < -0.39 is 0 Å². The molecule has 0 saturated carbocycles. The molecule has 1 aliphatic carbocycles. The van der Waals surface area contributed by atoms with Gasteiger partial charge in [0.2, 0.25) is 0 Å². The lowest BCUT2D eigenvalue weighted by atomic mass is 10.0. The van der Waals surface area contributed by atoms with Gasteiger partial charge in [-0.05, 0) is 25.5 Å². The number of aliphatic hydroxyl groups excluding tert-OH is 1. The lowest BCUT2D eigenvalue weighted by Crippen LogP contribution is -2.41. The van der Waals surface area contributed by atoms with Gasteiger partial charge in [-0.1, -0.05) is 18.2 Å². The van der Waals surface area contributed by atoms with Crippen molar-refractivity contribution in [3.8, 4) is 0 Å². The molecule has 1 saturated heterocycles. The van der Waals surface area contributed by atoms with E-state index in [1.54, 1.807) is 6.08 Å². The number of nitrogens with zero attached hydrogens (tertiary/aromatic N) is 1. The molecule has 1 radical (unpaired) electrons. The molecule has 0 bridgehead atoms. The average Bonchev–Trinajstić information content (AvgIpc) is 2.76. The molecule has 2 unspecified atom stereocenters. The molecule has 1 heterocycles. The van der Waals surface area contributed by atoms with Crippen LogP contribution in [0.25, 0.3) is 0 Å². The highest BCUT2D eigenvalue weighted by molar-refractivity contribution is 5.60. The Balaban J connectivity index is 2.19. The van der Waals surface area contributed by atoms with Crippen molar-refractivity contribution in [3.63, 3.8) is 0 Å². The van der Waals surface area contributed by atoms with E-state index in [1.807, 2.05) is 18.1 Å². The predicted molar refractivity (Wildman–Crippen MR) is 56.8 cm³/mol. The molecule has 1 aliphatic heterocycles. The normalized spacial score (nSPS) is 30.9. The van der Waals surface area contributed by atoms with Crippen molar-refractivity contribution < 1.29 is 9.90 Å². The van der Waals surface area contributed by atoms with Crippen LogP contribution in [0.1, 0.15) is 12.8 Å². The van der Waals surface area contributed by atoms with Crippen molar-refractivity contribution in [2.45, 2.75) is 24.9 Å². The summed E-state index contributed by atoms with van der Waals surface area (Å²) in [6, 6.07) is 0.120. The quantitative estimate of drug-likeness (QED) is 0.666. The second-order valence-electron chi connectivity index (χ2n) is 3.87. The van der Waals surface area contributed by atoms with Gasteiger partial charge in [-0.15, -0.1) is 0 Å². The molecule has 0 aromatic heterocycles. The van der Waals surface area contributed by atoms with E-state index in [-0.39, 0.29) is 18.7 Å². The van der Waals surface area contributed by atoms with Gasteiger partial charge in [0.25, 0.3) is 0 Å². The minimum absolute atomic E-state index is 0.0489. The first-order chi connectivity index (χ1) is 7.36. The molecule has 2 atom stereocenters. The van der Waals surface area contributed by atoms with Crippen LogP contribution in [0.4, 0.5) is 0 Å². The van der Waals surface area contributed by atoms with Crippen LogP contribution in [-0.2, 0) is 4.79 Å². The summed E-state index contributed by atoms with van der Waals surface area (Å²) in [5.74, 6) is 1.93. The second-order valence-corrected chi connectivity index (χ2v) is 3.87. The molecule has 0 spiro atoms. The van der Waals surface area contributed by atoms with E-state index in [2.05, 4.69) is 11.0 Å². The third kappa shape index (κ3) is 1.95. The van der Waals surface area contributed by atoms with Gasteiger partial charge in [0.05, 0.1) is 18.2 Å². The zero-order valence-corrected chi connectivity index (χ0v) is 8.52. The molecule has 1 fully saturated rings. The molecule has 2 aliphatic rings. The maximum atomic E-state index is 10.8. The molecular formula is C12H14NO2. The van der Waals surface area contributed by atoms with E-state index in [4.69, 9.17) is 0 Å². The number of aliphatic hydroxyl groups is 1. The maximum Gasteiger partial charge on any atom is 0.130 e. The fraction of sp³-hybridized carbons (Fsp3) is 0.500. The van der Waals surface area contributed by atoms with Crippen LogP contribution >= 0.6 is 0 Å². The SMILES string of the molecule is O=C=C1[C]=CC=CC1N1CCCC1CO. The van der Waals surface area contributed by atoms with Crippen LogP contribution in [0.2, 0.25) is 0 Å². The molecule has 0 aromatic carbocycles. The average molecular weight is 204 g/mol. The smallest absolute Gasteiger partial charge is 0.130 e. The third-order valence-electron chi connectivity index (χ3n) is 3.02. The fourth-order valence-electron chi connectivity index (χ4n) is 2.27. The van der Waals surface area contributed by atoms with Gasteiger partial charge in [-0.2, -0.15) is 0 Å². The highest BCUT2D eigenvalue weighted by Crippen LogP contribution is 2.25. The maximum absolute atomic E-state index is 10.8. The first kappa shape index (κ1) is 10.4. The Bertz CT molecular complexity index is 340. The number of rotatable bonds is 2. The molecule has 0 amide bonds. The Morgan fingerprint density at radius 2 is 2.53 bits per heavy atom. The van der Waals surface area contributed by atoms with Gasteiger partial charge in [0, 0.05) is 6.04 Å². The van der Waals surface area contributed by atoms with E-state index >= 15 is 0 Å². The van der Waals surface area contributed by atoms with Crippen molar-refractivity contribution in [3.05, 3.63) is 29.9 Å². The molecule has 15 heavy (non-hydrogen) atoms. The molecular weight excluding hydrogens is 190 g/mol. The zero-order valence-electron chi connectivity index (χ0n) is 8.52. The summed E-state index contributed by atoms with van der Waals surface area (Å²) >= 11 is 0. The van der Waals surface area contributed by atoms with Crippen molar-refractivity contribution >= 4 is 5.94 Å². The van der Waals surface area contributed by atoms with Gasteiger partial charge < -0.3 is 5.11 Å². The molecule has 0 aromatic rings. The standard InChI is InChI=1S/C12H14NO2/c14-8-10-4-1-2-6-12(10)13-7-3-5-11(13)9-15/h1-2,6,11-12,15H,3,5,7,9H2. The summed E-state index contributed by atoms with van der Waals surface area (Å²) in [5.41, 5.74) is 0.540. The Kier molecular flexibility index (Phi) is 3.17. The van der Waals surface area contributed by atoms with E-state index in [0.29, 0.717) is 5.57 Å². The molecule has 3 heteroatoms. The topological polar surface area (TPSA) is 40.5 Å². The monoisotopic (exact) mass is 204 g/mol. The number of likely N-dealkylation sites (tertiary alicyclic amines) is 1. The van der Waals surface area contributed by atoms with E-state index in [0.717, 1.165) is 19.4 Å². The highest BCUT2D eigenvalue weighted by Gasteiger charge is 2.31. The number of hydrogen-bond donors (Lipinski definition) is 1. The van der Waals surface area contributed by atoms with Crippen LogP contribution in [0, 0.1) is 6.08 Å². The van der Waals surface area contributed by atoms with Crippen LogP contribution in [-0.4, -0.2) is 41.2 Å². The zero-order chi connectivity index (χ0) is 10.7. The summed E-state index contributed by atoms with van der Waals surface area (Å²) in [4.78, 5) is 12.9. The first-order valence-corrected chi connectivity index (χ1v) is 5.25. The van der Waals surface area contributed by atoms with Crippen LogP contribution in [0.15, 0.2) is 23.8 Å². The van der Waals surface area contributed by atoms with Gasteiger partial charge in [-0.25, -0.2) is 4.79 Å². The van der Waals surface area contributed by atoms with Gasteiger partial charge in [0.15, 0.2) is 0 Å². The molecule has 2 rings (SSSR count). The Morgan fingerprint density at radius 1 is 1.67 bits per heavy atom. The highest BCUT2D eigenvalue weighted by atomic mass is 16.3. The van der Waals surface area contributed by atoms with Crippen LogP contribution in [0.3, 0.4) is 0 Å². The molecule has 79 valence electrons. The minimum atomic E-state index is -0.0489. The Morgan fingerprint density at radius 3 is 3.27 bits per heavy atom. The van der Waals surface area contributed by atoms with Gasteiger partial charge >= 0.3 is 0 Å². The van der Waals surface area contributed by atoms with Gasteiger partial charge in [0.1, 0.15) is 5.94 Å². The third-order valence-corrected chi connectivity index (χ3v) is 3.02. The summed E-state index contributed by atoms with van der Waals surface area (Å²) in [6.07, 6.45) is 10.5. The summed E-state index contributed by atoms with van der Waals surface area (Å²) in [6.45, 7) is 1.08. The van der Waals surface area contributed by atoms with Crippen molar-refractivity contribution in [2.75, 3.05) is 13.2 Å². The lowest BCUT2D eigenvalue weighted by molar-refractivity contribution is 0.148. The lowest BCUT2D eigenvalue weighted by Gasteiger charge is -2.30. The van der Waals surface area contributed by atoms with Crippen LogP contribution < -0.4 is 0 Å². The van der Waals surface area contributed by atoms with Crippen molar-refractivity contribution in [2.24, 2.45) is 0 Å². The summed E-state index contributed by atoms with van der Waals surface area (Å²) in [7, 11) is 0. The predicted octanol–water partition coefficient (Wildman–Crippen LogP) is 0.499. The largest absolute Gasteiger partial charge is 0.395 e. The fourth-order valence-corrected chi connectivity index (χ4v) is 2.27. The molecule has 3 nitrogen and oxygen atoms in total. The van der Waals surface area contributed by atoms with Crippen molar-refractivity contribution in [1.29, 1.82) is 0 Å². The first-order valence-electron chi connectivity index (χ1n) is 5.25. The second kappa shape index (κ2) is 4.58. The number of hydrogen-bond acceptors (Lipinski definition) is 3. The summed E-state index contributed by atoms with van der Waals surface area (Å²) in [5, 5.41) is 9.22. The van der Waals surface area contributed by atoms with E-state index in [9.17, 15) is 9.90 Å². The minimum Gasteiger partial charge on any atom is -0.395 e. The van der Waals surface area contributed by atoms with Crippen LogP contribution in [0.5, 0.6) is 0 Å². The van der Waals surface area contributed by atoms with E-state index in [1.165, 1.54) is 0 Å². The van der Waals surface area contributed by atoms with Crippen molar-refractivity contribution in [1.82, 2.24) is 4.90 Å². The summed E-state index contributed by atoms with van der Waals surface area (Å²) < 4.78 is 0. The Hall–Kier alpha value is -1.15. The Labute approximate surface area is 89.4 Å². The van der Waals surface area contributed by atoms with Gasteiger partial charge in [-0.3, -0.25) is 4.90 Å². The number of carbonyl (C=O) groups excluding carboxylic acids is 1. The number of allylic oxidation sites excluding steroid dienone is 2.